The fourth-order valence-electron chi connectivity index (χ4n) is 1.02. The van der Waals surface area contributed by atoms with Crippen LogP contribution in [0.25, 0.3) is 0 Å². The highest BCUT2D eigenvalue weighted by Crippen LogP contribution is 2.21. The van der Waals surface area contributed by atoms with Gasteiger partial charge in [0.15, 0.2) is 0 Å². The van der Waals surface area contributed by atoms with Crippen molar-refractivity contribution in [3.05, 3.63) is 32.7 Å². The predicted molar refractivity (Wildman–Crippen MR) is 65.9 cm³/mol. The van der Waals surface area contributed by atoms with E-state index in [1.165, 1.54) is 0 Å². The molecule has 1 atom stereocenters. The third-order valence-electron chi connectivity index (χ3n) is 1.83. The van der Waals surface area contributed by atoms with Gasteiger partial charge in [-0.3, -0.25) is 4.79 Å². The van der Waals surface area contributed by atoms with Gasteiger partial charge in [0.2, 0.25) is 0 Å². The van der Waals surface area contributed by atoms with Gasteiger partial charge in [-0.2, -0.15) is 0 Å². The molecule has 0 heterocycles. The zero-order valence-electron chi connectivity index (χ0n) is 8.13. The van der Waals surface area contributed by atoms with Gasteiger partial charge in [-0.1, -0.05) is 15.9 Å². The van der Waals surface area contributed by atoms with Crippen LogP contribution in [0.3, 0.4) is 0 Å². The maximum absolute atomic E-state index is 11.7. The lowest BCUT2D eigenvalue weighted by Gasteiger charge is -2.11. The third-order valence-corrected chi connectivity index (χ3v) is 2.98. The number of nitrogens with one attached hydrogen (secondary N) is 1. The molecular formula is C10H11Br2NO2. The summed E-state index contributed by atoms with van der Waals surface area (Å²) in [5.74, 6) is -0.198. The van der Waals surface area contributed by atoms with E-state index < -0.39 is 0 Å². The van der Waals surface area contributed by atoms with Crippen molar-refractivity contribution in [2.75, 3.05) is 6.61 Å². The van der Waals surface area contributed by atoms with Crippen molar-refractivity contribution in [3.8, 4) is 0 Å². The molecule has 0 saturated heterocycles. The van der Waals surface area contributed by atoms with E-state index in [2.05, 4.69) is 37.2 Å². The topological polar surface area (TPSA) is 49.3 Å². The molecule has 0 spiro atoms. The average molecular weight is 337 g/mol. The normalized spacial score (nSPS) is 12.3. The second-order valence-corrected chi connectivity index (χ2v) is 4.95. The molecule has 0 saturated carbocycles. The van der Waals surface area contributed by atoms with Crippen LogP contribution in [0.2, 0.25) is 0 Å². The first-order valence-corrected chi connectivity index (χ1v) is 6.00. The van der Waals surface area contributed by atoms with Gasteiger partial charge in [0.1, 0.15) is 0 Å². The Bertz CT molecular complexity index is 368. The van der Waals surface area contributed by atoms with Gasteiger partial charge in [0.05, 0.1) is 12.2 Å². The van der Waals surface area contributed by atoms with Crippen LogP contribution >= 0.6 is 31.9 Å². The first kappa shape index (κ1) is 12.7. The lowest BCUT2D eigenvalue weighted by molar-refractivity contribution is 0.0921. The van der Waals surface area contributed by atoms with Crippen molar-refractivity contribution in [3.63, 3.8) is 0 Å². The van der Waals surface area contributed by atoms with E-state index in [0.717, 1.165) is 8.95 Å². The molecule has 0 aromatic heterocycles. The number of carbonyl (C=O) groups is 1. The second-order valence-electron chi connectivity index (χ2n) is 3.18. The number of hydrogen-bond acceptors (Lipinski definition) is 2. The molecule has 0 aliphatic heterocycles. The largest absolute Gasteiger partial charge is 0.394 e. The van der Waals surface area contributed by atoms with Crippen molar-refractivity contribution in [2.45, 2.75) is 13.0 Å². The Kier molecular flexibility index (Phi) is 4.76. The van der Waals surface area contributed by atoms with E-state index in [9.17, 15) is 4.79 Å². The lowest BCUT2D eigenvalue weighted by atomic mass is 10.2. The summed E-state index contributed by atoms with van der Waals surface area (Å²) in [6, 6.07) is 5.07. The van der Waals surface area contributed by atoms with E-state index in [0.29, 0.717) is 5.56 Å². The van der Waals surface area contributed by atoms with Crippen molar-refractivity contribution >= 4 is 37.8 Å². The monoisotopic (exact) mass is 335 g/mol. The zero-order chi connectivity index (χ0) is 11.4. The van der Waals surface area contributed by atoms with Gasteiger partial charge in [0.25, 0.3) is 5.91 Å². The molecule has 3 nitrogen and oxygen atoms in total. The lowest BCUT2D eigenvalue weighted by Crippen LogP contribution is -2.35. The molecule has 0 unspecified atom stereocenters. The third kappa shape index (κ3) is 3.59. The van der Waals surface area contributed by atoms with Gasteiger partial charge in [0, 0.05) is 15.0 Å². The minimum atomic E-state index is -0.243. The Morgan fingerprint density at radius 3 is 2.73 bits per heavy atom. The smallest absolute Gasteiger partial charge is 0.252 e. The highest BCUT2D eigenvalue weighted by atomic mass is 79.9. The summed E-state index contributed by atoms with van der Waals surface area (Å²) >= 11 is 6.61. The minimum Gasteiger partial charge on any atom is -0.394 e. The van der Waals surface area contributed by atoms with E-state index in [4.69, 9.17) is 5.11 Å². The predicted octanol–water partition coefficient (Wildman–Crippen LogP) is 2.32. The molecule has 1 amide bonds. The van der Waals surface area contributed by atoms with Crippen LogP contribution < -0.4 is 5.32 Å². The Morgan fingerprint density at radius 1 is 1.53 bits per heavy atom. The Hall–Kier alpha value is -0.390. The van der Waals surface area contributed by atoms with Crippen LogP contribution in [0, 0.1) is 0 Å². The molecule has 0 fully saturated rings. The molecule has 0 aliphatic carbocycles. The summed E-state index contributed by atoms with van der Waals surface area (Å²) in [5, 5.41) is 11.5. The summed E-state index contributed by atoms with van der Waals surface area (Å²) in [5.41, 5.74) is 0.554. The van der Waals surface area contributed by atoms with Crippen LogP contribution in [0.5, 0.6) is 0 Å². The second kappa shape index (κ2) is 5.63. The number of aliphatic hydroxyl groups is 1. The van der Waals surface area contributed by atoms with E-state index >= 15 is 0 Å². The maximum atomic E-state index is 11.7. The molecule has 0 aliphatic rings. The highest BCUT2D eigenvalue weighted by molar-refractivity contribution is 9.11. The standard InChI is InChI=1S/C10H11Br2NO2/c1-6(5-14)13-10(15)8-3-2-7(11)4-9(8)12/h2-4,6,14H,5H2,1H3,(H,13,15)/t6-/m1/s1. The Balaban J connectivity index is 2.82. The molecule has 0 radical (unpaired) electrons. The molecule has 82 valence electrons. The highest BCUT2D eigenvalue weighted by Gasteiger charge is 2.12. The van der Waals surface area contributed by atoms with Crippen LogP contribution in [0.15, 0.2) is 27.1 Å². The minimum absolute atomic E-state index is 0.0696. The molecule has 1 rings (SSSR count). The van der Waals surface area contributed by atoms with Crippen LogP contribution in [-0.4, -0.2) is 23.7 Å². The molecule has 15 heavy (non-hydrogen) atoms. The number of rotatable bonds is 3. The fourth-order valence-corrected chi connectivity index (χ4v) is 2.25. The van der Waals surface area contributed by atoms with Crippen molar-refractivity contribution in [1.29, 1.82) is 0 Å². The van der Waals surface area contributed by atoms with Gasteiger partial charge in [-0.25, -0.2) is 0 Å². The van der Waals surface area contributed by atoms with Crippen LogP contribution in [0.4, 0.5) is 0 Å². The molecule has 5 heteroatoms. The number of hydrogen-bond donors (Lipinski definition) is 2. The van der Waals surface area contributed by atoms with Gasteiger partial charge < -0.3 is 10.4 Å². The summed E-state index contributed by atoms with van der Waals surface area (Å²) in [6.45, 7) is 1.67. The molecular weight excluding hydrogens is 326 g/mol. The number of benzene rings is 1. The molecule has 0 bridgehead atoms. The molecule has 1 aromatic carbocycles. The number of halogens is 2. The summed E-state index contributed by atoms with van der Waals surface area (Å²) < 4.78 is 1.63. The van der Waals surface area contributed by atoms with E-state index in [1.807, 2.05) is 0 Å². The quantitative estimate of drug-likeness (QED) is 0.890. The van der Waals surface area contributed by atoms with Gasteiger partial charge >= 0.3 is 0 Å². The Morgan fingerprint density at radius 2 is 2.20 bits per heavy atom. The first-order chi connectivity index (χ1) is 7.04. The van der Waals surface area contributed by atoms with Crippen LogP contribution in [0.1, 0.15) is 17.3 Å². The van der Waals surface area contributed by atoms with Crippen molar-refractivity contribution in [2.24, 2.45) is 0 Å². The van der Waals surface area contributed by atoms with Crippen molar-refractivity contribution in [1.82, 2.24) is 5.32 Å². The number of aliphatic hydroxyl groups excluding tert-OH is 1. The zero-order valence-corrected chi connectivity index (χ0v) is 11.3. The Labute approximate surface area is 105 Å². The average Bonchev–Trinajstić information content (AvgIpc) is 2.17. The summed E-state index contributed by atoms with van der Waals surface area (Å²) in [6.07, 6.45) is 0. The van der Waals surface area contributed by atoms with Gasteiger partial charge in [-0.15, -0.1) is 0 Å². The van der Waals surface area contributed by atoms with E-state index in [1.54, 1.807) is 25.1 Å². The number of amides is 1. The first-order valence-electron chi connectivity index (χ1n) is 4.41. The fraction of sp³-hybridized carbons (Fsp3) is 0.300. The summed E-state index contributed by atoms with van der Waals surface area (Å²) in [4.78, 5) is 11.7. The van der Waals surface area contributed by atoms with Crippen molar-refractivity contribution < 1.29 is 9.90 Å². The molecule has 1 aromatic rings. The summed E-state index contributed by atoms with van der Waals surface area (Å²) in [7, 11) is 0. The number of carbonyl (C=O) groups excluding carboxylic acids is 1. The van der Waals surface area contributed by atoms with Gasteiger partial charge in [-0.05, 0) is 41.1 Å². The maximum Gasteiger partial charge on any atom is 0.252 e. The SMILES string of the molecule is C[C@H](CO)NC(=O)c1ccc(Br)cc1Br. The van der Waals surface area contributed by atoms with Crippen LogP contribution in [-0.2, 0) is 0 Å². The molecule has 2 N–H and O–H groups in total. The van der Waals surface area contributed by atoms with E-state index in [-0.39, 0.29) is 18.6 Å².